The molecule has 0 N–H and O–H groups in total. The van der Waals surface area contributed by atoms with Crippen molar-refractivity contribution < 1.29 is 4.74 Å². The highest BCUT2D eigenvalue weighted by atomic mass is 28.3. The third-order valence-corrected chi connectivity index (χ3v) is 4.79. The molecular formula is C17H22OSi. The molecule has 2 aromatic carbocycles. The predicted octanol–water partition coefficient (Wildman–Crippen LogP) is 5.07. The van der Waals surface area contributed by atoms with Crippen LogP contribution in [0.25, 0.3) is 11.1 Å². The average molecular weight is 270 g/mol. The minimum Gasteiger partial charge on any atom is -0.493 e. The van der Waals surface area contributed by atoms with Crippen molar-refractivity contribution in [2.24, 2.45) is 0 Å². The molecule has 0 atom stereocenters. The molecule has 0 aliphatic carbocycles. The monoisotopic (exact) mass is 270 g/mol. The van der Waals surface area contributed by atoms with E-state index in [4.69, 9.17) is 4.74 Å². The fourth-order valence-electron chi connectivity index (χ4n) is 1.92. The summed E-state index contributed by atoms with van der Waals surface area (Å²) in [6.45, 7) is 7.94. The van der Waals surface area contributed by atoms with E-state index in [1.807, 2.05) is 12.1 Å². The molecule has 0 saturated carbocycles. The van der Waals surface area contributed by atoms with Gasteiger partial charge in [0, 0.05) is 13.6 Å². The molecule has 1 nitrogen and oxygen atoms in total. The molecule has 0 radical (unpaired) electrons. The topological polar surface area (TPSA) is 9.23 Å². The number of benzene rings is 2. The minimum atomic E-state index is -1.03. The van der Waals surface area contributed by atoms with Crippen LogP contribution in [0.4, 0.5) is 0 Å². The molecule has 0 aliphatic heterocycles. The van der Waals surface area contributed by atoms with Gasteiger partial charge in [-0.2, -0.15) is 0 Å². The molecule has 0 aliphatic rings. The first-order valence-electron chi connectivity index (χ1n) is 6.83. The first-order chi connectivity index (χ1) is 9.06. The zero-order valence-electron chi connectivity index (χ0n) is 12.0. The molecule has 0 bridgehead atoms. The second kappa shape index (κ2) is 6.07. The van der Waals surface area contributed by atoms with E-state index < -0.39 is 8.07 Å². The maximum absolute atomic E-state index is 6.00. The van der Waals surface area contributed by atoms with E-state index in [-0.39, 0.29) is 0 Å². The van der Waals surface area contributed by atoms with Gasteiger partial charge in [0.1, 0.15) is 5.75 Å². The van der Waals surface area contributed by atoms with Crippen molar-refractivity contribution in [2.45, 2.75) is 25.7 Å². The van der Waals surface area contributed by atoms with Crippen molar-refractivity contribution >= 4 is 8.07 Å². The smallest absolute Gasteiger partial charge is 0.127 e. The Balaban J connectivity index is 2.14. The summed E-state index contributed by atoms with van der Waals surface area (Å²) in [7, 11) is -1.03. The van der Waals surface area contributed by atoms with Crippen LogP contribution in [-0.2, 0) is 0 Å². The van der Waals surface area contributed by atoms with Gasteiger partial charge in [0.05, 0.1) is 6.61 Å². The van der Waals surface area contributed by atoms with Crippen LogP contribution < -0.4 is 4.74 Å². The lowest BCUT2D eigenvalue weighted by Gasteiger charge is -2.17. The fraction of sp³-hybridized carbons (Fsp3) is 0.294. The number of ether oxygens (including phenoxy) is 1. The molecule has 0 saturated heterocycles. The van der Waals surface area contributed by atoms with Gasteiger partial charge in [-0.15, -0.1) is 0 Å². The second-order valence-corrected chi connectivity index (χ2v) is 11.6. The van der Waals surface area contributed by atoms with Crippen molar-refractivity contribution in [3.8, 4) is 16.9 Å². The molecule has 100 valence electrons. The molecule has 0 fully saturated rings. The molecule has 2 aromatic rings. The van der Waals surface area contributed by atoms with E-state index in [2.05, 4.69) is 62.1 Å². The van der Waals surface area contributed by atoms with Crippen molar-refractivity contribution in [1.82, 2.24) is 0 Å². The Labute approximate surface area is 117 Å². The van der Waals surface area contributed by atoms with Crippen molar-refractivity contribution in [3.05, 3.63) is 54.6 Å². The summed E-state index contributed by atoms with van der Waals surface area (Å²) in [6, 6.07) is 19.9. The van der Waals surface area contributed by atoms with Gasteiger partial charge in [-0.25, -0.2) is 0 Å². The van der Waals surface area contributed by atoms with Gasteiger partial charge >= 0.3 is 0 Å². The van der Waals surface area contributed by atoms with Crippen molar-refractivity contribution in [1.29, 1.82) is 0 Å². The maximum atomic E-state index is 6.00. The summed E-state index contributed by atoms with van der Waals surface area (Å²) in [4.78, 5) is 0. The zero-order valence-corrected chi connectivity index (χ0v) is 13.0. The maximum Gasteiger partial charge on any atom is 0.127 e. The van der Waals surface area contributed by atoms with Gasteiger partial charge in [0.15, 0.2) is 0 Å². The van der Waals surface area contributed by atoms with E-state index >= 15 is 0 Å². The Bertz CT molecular complexity index is 514. The molecule has 0 heterocycles. The lowest BCUT2D eigenvalue weighted by atomic mass is 10.1. The summed E-state index contributed by atoms with van der Waals surface area (Å²) >= 11 is 0. The zero-order chi connectivity index (χ0) is 13.7. The summed E-state index contributed by atoms with van der Waals surface area (Å²) in [5.41, 5.74) is 2.39. The quantitative estimate of drug-likeness (QED) is 0.689. The average Bonchev–Trinajstić information content (AvgIpc) is 2.39. The molecular weight excluding hydrogens is 248 g/mol. The Morgan fingerprint density at radius 1 is 0.842 bits per heavy atom. The normalized spacial score (nSPS) is 11.3. The number of hydrogen-bond acceptors (Lipinski definition) is 1. The molecule has 0 spiro atoms. The van der Waals surface area contributed by atoms with Gasteiger partial charge in [0.2, 0.25) is 0 Å². The van der Waals surface area contributed by atoms with Crippen LogP contribution in [0.1, 0.15) is 0 Å². The van der Waals surface area contributed by atoms with E-state index in [0.29, 0.717) is 0 Å². The lowest BCUT2D eigenvalue weighted by molar-refractivity contribution is 0.339. The molecule has 0 aromatic heterocycles. The summed E-state index contributed by atoms with van der Waals surface area (Å²) in [5.74, 6) is 0.993. The largest absolute Gasteiger partial charge is 0.493 e. The van der Waals surface area contributed by atoms with Crippen LogP contribution in [0.2, 0.25) is 25.7 Å². The number of hydrogen-bond donors (Lipinski definition) is 0. The first-order valence-corrected chi connectivity index (χ1v) is 10.5. The van der Waals surface area contributed by atoms with Crippen LogP contribution >= 0.6 is 0 Å². The van der Waals surface area contributed by atoms with E-state index in [1.165, 1.54) is 17.2 Å². The SMILES string of the molecule is C[Si](C)(C)CCOc1ccccc1-c1ccccc1. The van der Waals surface area contributed by atoms with E-state index in [1.54, 1.807) is 0 Å². The predicted molar refractivity (Wildman–Crippen MR) is 85.5 cm³/mol. The second-order valence-electron chi connectivity index (χ2n) is 6.02. The Morgan fingerprint density at radius 2 is 1.47 bits per heavy atom. The number of rotatable bonds is 5. The van der Waals surface area contributed by atoms with Crippen LogP contribution in [0.3, 0.4) is 0 Å². The van der Waals surface area contributed by atoms with Gasteiger partial charge in [-0.05, 0) is 17.7 Å². The Kier molecular flexibility index (Phi) is 4.43. The highest BCUT2D eigenvalue weighted by Crippen LogP contribution is 2.29. The fourth-order valence-corrected chi connectivity index (χ4v) is 2.63. The van der Waals surface area contributed by atoms with Crippen LogP contribution in [0.5, 0.6) is 5.75 Å². The Morgan fingerprint density at radius 3 is 2.16 bits per heavy atom. The van der Waals surface area contributed by atoms with Crippen molar-refractivity contribution in [2.75, 3.05) is 6.61 Å². The van der Waals surface area contributed by atoms with Gasteiger partial charge in [0.25, 0.3) is 0 Å². The Hall–Kier alpha value is -1.54. The van der Waals surface area contributed by atoms with Gasteiger partial charge < -0.3 is 4.74 Å². The first kappa shape index (κ1) is 13.9. The van der Waals surface area contributed by atoms with E-state index in [0.717, 1.165) is 12.4 Å². The van der Waals surface area contributed by atoms with Gasteiger partial charge in [-0.3, -0.25) is 0 Å². The molecule has 2 heteroatoms. The van der Waals surface area contributed by atoms with Crippen molar-refractivity contribution in [3.63, 3.8) is 0 Å². The van der Waals surface area contributed by atoms with Gasteiger partial charge in [-0.1, -0.05) is 68.2 Å². The molecule has 19 heavy (non-hydrogen) atoms. The summed E-state index contributed by atoms with van der Waals surface area (Å²) in [6.07, 6.45) is 0. The highest BCUT2D eigenvalue weighted by Gasteiger charge is 2.13. The molecule has 2 rings (SSSR count). The number of para-hydroxylation sites is 1. The van der Waals surface area contributed by atoms with Crippen LogP contribution in [-0.4, -0.2) is 14.7 Å². The van der Waals surface area contributed by atoms with Crippen LogP contribution in [0, 0.1) is 0 Å². The van der Waals surface area contributed by atoms with Crippen LogP contribution in [0.15, 0.2) is 54.6 Å². The minimum absolute atomic E-state index is 0.819. The summed E-state index contributed by atoms with van der Waals surface area (Å²) < 4.78 is 6.00. The molecule has 0 amide bonds. The standard InChI is InChI=1S/C17H22OSi/c1-19(2,3)14-13-18-17-12-8-7-11-16(17)15-9-5-4-6-10-15/h4-12H,13-14H2,1-3H3. The molecule has 0 unspecified atom stereocenters. The third-order valence-electron chi connectivity index (χ3n) is 3.08. The van der Waals surface area contributed by atoms with E-state index in [9.17, 15) is 0 Å². The lowest BCUT2D eigenvalue weighted by Crippen LogP contribution is -2.22. The summed E-state index contributed by atoms with van der Waals surface area (Å²) in [5, 5.41) is 0. The third kappa shape index (κ3) is 4.25. The highest BCUT2D eigenvalue weighted by molar-refractivity contribution is 6.76.